The number of halogens is 1. The molecule has 2 saturated carbocycles. The summed E-state index contributed by atoms with van der Waals surface area (Å²) in [7, 11) is 0. The van der Waals surface area contributed by atoms with Crippen LogP contribution in [0.3, 0.4) is 0 Å². The summed E-state index contributed by atoms with van der Waals surface area (Å²) in [5.41, 5.74) is 1.53. The van der Waals surface area contributed by atoms with Gasteiger partial charge in [0.05, 0.1) is 0 Å². The second-order valence-corrected chi connectivity index (χ2v) is 23.2. The van der Waals surface area contributed by atoms with E-state index in [-0.39, 0.29) is 0 Å². The Hall–Kier alpha value is 0.309. The van der Waals surface area contributed by atoms with Gasteiger partial charge in [0, 0.05) is 0 Å². The average molecular weight is 370 g/mol. The summed E-state index contributed by atoms with van der Waals surface area (Å²) in [5.74, 6) is 2.82. The van der Waals surface area contributed by atoms with Gasteiger partial charge in [-0.05, 0) is 0 Å². The van der Waals surface area contributed by atoms with Gasteiger partial charge in [0.25, 0.3) is 0 Å². The van der Waals surface area contributed by atoms with E-state index < -0.39 is 18.4 Å². The van der Waals surface area contributed by atoms with Crippen LogP contribution >= 0.6 is 11.6 Å². The number of hydrogen-bond donors (Lipinski definition) is 0. The first-order valence-corrected chi connectivity index (χ1v) is 17.8. The SMILES string of the molecule is [CH3][Sn]([CH3])([CH3])[C@@H]1[C@H]2CC[C@H](C2)[C@@H]1c1cccc(Cl)c1. The average Bonchev–Trinajstić information content (AvgIpc) is 2.87. The molecule has 98 valence electrons. The molecule has 2 bridgehead atoms. The van der Waals surface area contributed by atoms with Crippen molar-refractivity contribution in [2.45, 2.75) is 43.9 Å². The van der Waals surface area contributed by atoms with Gasteiger partial charge in [-0.25, -0.2) is 0 Å². The van der Waals surface area contributed by atoms with Crippen LogP contribution in [0.4, 0.5) is 0 Å². The van der Waals surface area contributed by atoms with Gasteiger partial charge in [-0.1, -0.05) is 0 Å². The fraction of sp³-hybridized carbons (Fsp3) is 0.625. The summed E-state index contributed by atoms with van der Waals surface area (Å²) in [6.45, 7) is 0. The molecule has 1 aromatic rings. The van der Waals surface area contributed by atoms with Gasteiger partial charge in [0.1, 0.15) is 0 Å². The van der Waals surface area contributed by atoms with Crippen LogP contribution in [0.2, 0.25) is 23.8 Å². The van der Waals surface area contributed by atoms with Crippen molar-refractivity contribution >= 4 is 30.0 Å². The van der Waals surface area contributed by atoms with Gasteiger partial charge in [-0.3, -0.25) is 0 Å². The zero-order valence-corrected chi connectivity index (χ0v) is 15.2. The molecule has 0 nitrogen and oxygen atoms in total. The molecule has 0 heterocycles. The molecule has 3 rings (SSSR count). The molecule has 0 saturated heterocycles. The van der Waals surface area contributed by atoms with E-state index in [9.17, 15) is 0 Å². The third kappa shape index (κ3) is 2.24. The van der Waals surface area contributed by atoms with Gasteiger partial charge in [-0.2, -0.15) is 0 Å². The van der Waals surface area contributed by atoms with Crippen molar-refractivity contribution in [3.8, 4) is 0 Å². The van der Waals surface area contributed by atoms with Crippen LogP contribution in [0.5, 0.6) is 0 Å². The molecule has 0 radical (unpaired) electrons. The van der Waals surface area contributed by atoms with E-state index in [1.165, 1.54) is 24.8 Å². The molecule has 0 aliphatic heterocycles. The first kappa shape index (κ1) is 13.3. The van der Waals surface area contributed by atoms with Crippen molar-refractivity contribution in [1.29, 1.82) is 0 Å². The third-order valence-electron chi connectivity index (χ3n) is 5.15. The van der Waals surface area contributed by atoms with E-state index in [4.69, 9.17) is 11.6 Å². The Morgan fingerprint density at radius 2 is 1.83 bits per heavy atom. The van der Waals surface area contributed by atoms with Crippen molar-refractivity contribution in [3.63, 3.8) is 0 Å². The van der Waals surface area contributed by atoms with Gasteiger partial charge in [-0.15, -0.1) is 0 Å². The van der Waals surface area contributed by atoms with Crippen molar-refractivity contribution in [1.82, 2.24) is 0 Å². The standard InChI is InChI=1S/C13H14Cl.3CH3.Sn/c14-12-3-1-2-10(8-12)13-7-9-4-5-11(13)6-9;;;;/h1-3,7-9,11,13H,4-6H2;3*1H3;/t9-,11+,13-;;;;/m0..../s1. The minimum atomic E-state index is -1.85. The normalized spacial score (nSPS) is 35.1. The van der Waals surface area contributed by atoms with Crippen LogP contribution in [0.1, 0.15) is 30.7 Å². The predicted molar refractivity (Wildman–Crippen MR) is 82.1 cm³/mol. The summed E-state index contributed by atoms with van der Waals surface area (Å²) in [6, 6.07) is 8.70. The topological polar surface area (TPSA) is 0 Å². The molecule has 0 spiro atoms. The van der Waals surface area contributed by atoms with Crippen molar-refractivity contribution in [2.24, 2.45) is 11.8 Å². The minimum absolute atomic E-state index is 0.832. The zero-order valence-electron chi connectivity index (χ0n) is 11.6. The molecular formula is C16H23ClSn. The quantitative estimate of drug-likeness (QED) is 0.599. The third-order valence-corrected chi connectivity index (χ3v) is 13.5. The molecule has 4 atom stereocenters. The van der Waals surface area contributed by atoms with Crippen LogP contribution in [0.15, 0.2) is 24.3 Å². The first-order valence-electron chi connectivity index (χ1n) is 7.22. The van der Waals surface area contributed by atoms with E-state index in [2.05, 4.69) is 33.0 Å². The zero-order chi connectivity index (χ0) is 12.9. The summed E-state index contributed by atoms with van der Waals surface area (Å²) >= 11 is 4.36. The number of rotatable bonds is 2. The van der Waals surface area contributed by atoms with Crippen LogP contribution < -0.4 is 0 Å². The maximum atomic E-state index is 6.20. The van der Waals surface area contributed by atoms with Gasteiger partial charge < -0.3 is 0 Å². The number of hydrogen-bond acceptors (Lipinski definition) is 0. The van der Waals surface area contributed by atoms with Crippen molar-refractivity contribution in [3.05, 3.63) is 34.9 Å². The Morgan fingerprint density at radius 1 is 1.11 bits per heavy atom. The second-order valence-electron chi connectivity index (χ2n) is 7.31. The Kier molecular flexibility index (Phi) is 3.47. The molecule has 1 aromatic carbocycles. The Labute approximate surface area is 120 Å². The molecular weight excluding hydrogens is 346 g/mol. The molecule has 2 aliphatic rings. The van der Waals surface area contributed by atoms with E-state index >= 15 is 0 Å². The van der Waals surface area contributed by atoms with Crippen LogP contribution in [0.25, 0.3) is 0 Å². The van der Waals surface area contributed by atoms with Crippen molar-refractivity contribution < 1.29 is 0 Å². The fourth-order valence-corrected chi connectivity index (χ4v) is 14.2. The van der Waals surface area contributed by atoms with E-state index in [1.807, 2.05) is 6.07 Å². The second kappa shape index (κ2) is 4.70. The predicted octanol–water partition coefficient (Wildman–Crippen LogP) is 5.56. The molecule has 0 amide bonds. The van der Waals surface area contributed by atoms with Crippen molar-refractivity contribution in [2.75, 3.05) is 0 Å². The summed E-state index contributed by atoms with van der Waals surface area (Å²) in [5, 5.41) is 0.915. The summed E-state index contributed by atoms with van der Waals surface area (Å²) in [6.07, 6.45) is 4.46. The van der Waals surface area contributed by atoms with E-state index in [1.54, 1.807) is 0 Å². The monoisotopic (exact) mass is 370 g/mol. The Balaban J connectivity index is 1.99. The first-order chi connectivity index (χ1) is 8.47. The summed E-state index contributed by atoms with van der Waals surface area (Å²) < 4.78 is 1.04. The Morgan fingerprint density at radius 3 is 2.50 bits per heavy atom. The number of benzene rings is 1. The van der Waals surface area contributed by atoms with Crippen LogP contribution in [0, 0.1) is 11.8 Å². The van der Waals surface area contributed by atoms with Crippen LogP contribution in [-0.4, -0.2) is 18.4 Å². The molecule has 18 heavy (non-hydrogen) atoms. The molecule has 2 fully saturated rings. The molecule has 2 heteroatoms. The molecule has 0 unspecified atom stereocenters. The van der Waals surface area contributed by atoms with Gasteiger partial charge in [0.15, 0.2) is 0 Å². The summed E-state index contributed by atoms with van der Waals surface area (Å²) in [4.78, 5) is 7.87. The molecule has 0 aromatic heterocycles. The van der Waals surface area contributed by atoms with Gasteiger partial charge >= 0.3 is 121 Å². The maximum absolute atomic E-state index is 6.20. The van der Waals surface area contributed by atoms with E-state index in [0.29, 0.717) is 0 Å². The van der Waals surface area contributed by atoms with Crippen LogP contribution in [-0.2, 0) is 0 Å². The number of fused-ring (bicyclic) bond motifs is 2. The van der Waals surface area contributed by atoms with Gasteiger partial charge in [0.2, 0.25) is 0 Å². The molecule has 2 aliphatic carbocycles. The van der Waals surface area contributed by atoms with E-state index in [0.717, 1.165) is 26.7 Å². The Bertz CT molecular complexity index is 449. The molecule has 0 N–H and O–H groups in total. The fourth-order valence-electron chi connectivity index (χ4n) is 4.73.